The minimum Gasteiger partial charge on any atom is -0.474 e. The second-order valence-electron chi connectivity index (χ2n) is 7.12. The number of aromatic amines is 1. The van der Waals surface area contributed by atoms with Gasteiger partial charge >= 0.3 is 0 Å². The lowest BCUT2D eigenvalue weighted by molar-refractivity contribution is -0.124. The minimum absolute atomic E-state index is 0.133. The standard InChI is InChI=1S/C20H23N5O2S2/c1-13(25-18(23-24-20(25)28)16-7-4-10-29-16)19(26)22-12-14-8-9-17(21-11-14)27-15-5-2-3-6-15/h4,7-11,13,15H,2-3,5-6,12H2,1H3,(H,22,26)(H,24,28). The highest BCUT2D eigenvalue weighted by molar-refractivity contribution is 7.71. The molecule has 152 valence electrons. The summed E-state index contributed by atoms with van der Waals surface area (Å²) in [6, 6.07) is 7.21. The molecule has 1 unspecified atom stereocenters. The molecule has 7 nitrogen and oxygen atoms in total. The molecule has 0 aromatic carbocycles. The predicted molar refractivity (Wildman–Crippen MR) is 114 cm³/mol. The van der Waals surface area contributed by atoms with Crippen LogP contribution >= 0.6 is 23.6 Å². The summed E-state index contributed by atoms with van der Waals surface area (Å²) in [5.41, 5.74) is 0.915. The van der Waals surface area contributed by atoms with Gasteiger partial charge < -0.3 is 10.1 Å². The zero-order chi connectivity index (χ0) is 20.2. The Bertz CT molecular complexity index is 1000. The van der Waals surface area contributed by atoms with Gasteiger partial charge in [-0.1, -0.05) is 12.1 Å². The van der Waals surface area contributed by atoms with Crippen LogP contribution in [0.4, 0.5) is 0 Å². The molecule has 0 bridgehead atoms. The van der Waals surface area contributed by atoms with Crippen LogP contribution in [0.15, 0.2) is 35.8 Å². The fourth-order valence-electron chi connectivity index (χ4n) is 3.46. The topological polar surface area (TPSA) is 84.8 Å². The molecule has 1 saturated carbocycles. The van der Waals surface area contributed by atoms with Gasteiger partial charge in [-0.3, -0.25) is 14.5 Å². The molecule has 3 aromatic rings. The average Bonchev–Trinajstić information content (AvgIpc) is 3.48. The van der Waals surface area contributed by atoms with Crippen LogP contribution in [0.5, 0.6) is 5.88 Å². The number of amides is 1. The Hall–Kier alpha value is -2.52. The first-order valence-electron chi connectivity index (χ1n) is 9.72. The maximum Gasteiger partial charge on any atom is 0.243 e. The van der Waals surface area contributed by atoms with Crippen molar-refractivity contribution in [2.24, 2.45) is 0 Å². The number of nitrogens with one attached hydrogen (secondary N) is 2. The van der Waals surface area contributed by atoms with Gasteiger partial charge in [0.25, 0.3) is 0 Å². The highest BCUT2D eigenvalue weighted by Gasteiger charge is 2.21. The first kappa shape index (κ1) is 19.8. The molecule has 4 rings (SSSR count). The lowest BCUT2D eigenvalue weighted by atomic mass is 10.2. The van der Waals surface area contributed by atoms with E-state index in [9.17, 15) is 4.79 Å². The van der Waals surface area contributed by atoms with Crippen molar-refractivity contribution in [1.29, 1.82) is 0 Å². The number of hydrogen-bond acceptors (Lipinski definition) is 6. The van der Waals surface area contributed by atoms with Gasteiger partial charge in [-0.05, 0) is 61.8 Å². The molecule has 1 aliphatic rings. The molecule has 0 spiro atoms. The molecule has 3 heterocycles. The van der Waals surface area contributed by atoms with Crippen LogP contribution in [-0.4, -0.2) is 31.8 Å². The molecule has 2 N–H and O–H groups in total. The van der Waals surface area contributed by atoms with Gasteiger partial charge in [0, 0.05) is 18.8 Å². The number of nitrogens with zero attached hydrogens (tertiary/aromatic N) is 3. The van der Waals surface area contributed by atoms with E-state index in [1.54, 1.807) is 22.1 Å². The Labute approximate surface area is 178 Å². The molecule has 1 aliphatic carbocycles. The predicted octanol–water partition coefficient (Wildman–Crippen LogP) is 4.26. The lowest BCUT2D eigenvalue weighted by Crippen LogP contribution is -2.31. The number of hydrogen-bond donors (Lipinski definition) is 2. The summed E-state index contributed by atoms with van der Waals surface area (Å²) < 4.78 is 8.05. The fourth-order valence-corrected chi connectivity index (χ4v) is 4.46. The zero-order valence-electron chi connectivity index (χ0n) is 16.1. The lowest BCUT2D eigenvalue weighted by Gasteiger charge is -2.15. The van der Waals surface area contributed by atoms with Gasteiger partial charge in [0.05, 0.1) is 4.88 Å². The van der Waals surface area contributed by atoms with E-state index in [2.05, 4.69) is 20.5 Å². The van der Waals surface area contributed by atoms with Crippen LogP contribution in [0, 0.1) is 4.77 Å². The number of ether oxygens (including phenoxy) is 1. The summed E-state index contributed by atoms with van der Waals surface area (Å²) in [5, 5.41) is 12.0. The molecule has 0 radical (unpaired) electrons. The summed E-state index contributed by atoms with van der Waals surface area (Å²) in [4.78, 5) is 18.0. The Morgan fingerprint density at radius 2 is 2.24 bits per heavy atom. The number of rotatable bonds is 7. The number of carbonyl (C=O) groups excluding carboxylic acids is 1. The SMILES string of the molecule is CC(C(=O)NCc1ccc(OC2CCCC2)nc1)n1c(-c2cccs2)n[nH]c1=S. The van der Waals surface area contributed by atoms with Crippen molar-refractivity contribution in [2.75, 3.05) is 0 Å². The summed E-state index contributed by atoms with van der Waals surface area (Å²) >= 11 is 6.89. The van der Waals surface area contributed by atoms with Crippen LogP contribution in [0.1, 0.15) is 44.2 Å². The molecular weight excluding hydrogens is 406 g/mol. The molecule has 1 amide bonds. The third kappa shape index (κ3) is 4.56. The first-order valence-corrected chi connectivity index (χ1v) is 11.0. The van der Waals surface area contributed by atoms with Crippen LogP contribution in [-0.2, 0) is 11.3 Å². The van der Waals surface area contributed by atoms with Crippen molar-refractivity contribution in [3.05, 3.63) is 46.2 Å². The zero-order valence-corrected chi connectivity index (χ0v) is 17.8. The average molecular weight is 430 g/mol. The number of thiophene rings is 1. The Kier molecular flexibility index (Phi) is 6.05. The third-order valence-corrected chi connectivity index (χ3v) is 6.22. The van der Waals surface area contributed by atoms with E-state index in [0.29, 0.717) is 23.0 Å². The highest BCUT2D eigenvalue weighted by atomic mass is 32.1. The number of carbonyl (C=O) groups is 1. The summed E-state index contributed by atoms with van der Waals surface area (Å²) in [5.74, 6) is 1.18. The molecular formula is C20H23N5O2S2. The summed E-state index contributed by atoms with van der Waals surface area (Å²) in [7, 11) is 0. The van der Waals surface area contributed by atoms with Gasteiger partial charge in [-0.15, -0.1) is 11.3 Å². The maximum absolute atomic E-state index is 12.7. The smallest absolute Gasteiger partial charge is 0.243 e. The number of aromatic nitrogens is 4. The second-order valence-corrected chi connectivity index (χ2v) is 8.46. The largest absolute Gasteiger partial charge is 0.474 e. The fraction of sp³-hybridized carbons (Fsp3) is 0.400. The van der Waals surface area contributed by atoms with E-state index < -0.39 is 6.04 Å². The van der Waals surface area contributed by atoms with E-state index >= 15 is 0 Å². The van der Waals surface area contributed by atoms with Crippen molar-refractivity contribution in [1.82, 2.24) is 25.1 Å². The quantitative estimate of drug-likeness (QED) is 0.548. The van der Waals surface area contributed by atoms with Crippen LogP contribution in [0.25, 0.3) is 10.7 Å². The van der Waals surface area contributed by atoms with Gasteiger partial charge in [0.2, 0.25) is 11.8 Å². The van der Waals surface area contributed by atoms with Crippen molar-refractivity contribution < 1.29 is 9.53 Å². The maximum atomic E-state index is 12.7. The molecule has 1 atom stereocenters. The van der Waals surface area contributed by atoms with Crippen LogP contribution < -0.4 is 10.1 Å². The monoisotopic (exact) mass is 429 g/mol. The van der Waals surface area contributed by atoms with Gasteiger partial charge in [0.15, 0.2) is 10.6 Å². The van der Waals surface area contributed by atoms with E-state index in [1.807, 2.05) is 36.6 Å². The van der Waals surface area contributed by atoms with Gasteiger partial charge in [0.1, 0.15) is 12.1 Å². The van der Waals surface area contributed by atoms with E-state index in [1.165, 1.54) is 12.8 Å². The van der Waals surface area contributed by atoms with E-state index in [-0.39, 0.29) is 12.0 Å². The molecule has 0 aliphatic heterocycles. The van der Waals surface area contributed by atoms with Gasteiger partial charge in [-0.2, -0.15) is 5.10 Å². The Morgan fingerprint density at radius 1 is 1.41 bits per heavy atom. The summed E-state index contributed by atoms with van der Waals surface area (Å²) in [6.07, 6.45) is 6.67. The molecule has 3 aromatic heterocycles. The minimum atomic E-state index is -0.490. The van der Waals surface area contributed by atoms with Crippen LogP contribution in [0.2, 0.25) is 0 Å². The third-order valence-electron chi connectivity index (χ3n) is 5.07. The van der Waals surface area contributed by atoms with E-state index in [4.69, 9.17) is 17.0 Å². The first-order chi connectivity index (χ1) is 14.1. The second kappa shape index (κ2) is 8.87. The normalized spacial score (nSPS) is 15.3. The summed E-state index contributed by atoms with van der Waals surface area (Å²) in [6.45, 7) is 2.20. The Balaban J connectivity index is 1.37. The molecule has 1 fully saturated rings. The molecule has 29 heavy (non-hydrogen) atoms. The van der Waals surface area contributed by atoms with E-state index in [0.717, 1.165) is 23.3 Å². The number of pyridine rings is 1. The van der Waals surface area contributed by atoms with Crippen molar-refractivity contribution in [3.63, 3.8) is 0 Å². The molecule has 0 saturated heterocycles. The highest BCUT2D eigenvalue weighted by Crippen LogP contribution is 2.26. The number of H-pyrrole nitrogens is 1. The Morgan fingerprint density at radius 3 is 2.93 bits per heavy atom. The van der Waals surface area contributed by atoms with Crippen LogP contribution in [0.3, 0.4) is 0 Å². The molecule has 9 heteroatoms. The van der Waals surface area contributed by atoms with Crippen molar-refractivity contribution in [2.45, 2.75) is 51.3 Å². The van der Waals surface area contributed by atoms with Crippen molar-refractivity contribution >= 4 is 29.5 Å². The van der Waals surface area contributed by atoms with Gasteiger partial charge in [-0.25, -0.2) is 4.98 Å². The van der Waals surface area contributed by atoms with Crippen molar-refractivity contribution in [3.8, 4) is 16.6 Å².